The Hall–Kier alpha value is -1.55. The maximum atomic E-state index is 11.8. The van der Waals surface area contributed by atoms with Crippen LogP contribution in [-0.2, 0) is 4.79 Å². The molecule has 2 aliphatic rings. The van der Waals surface area contributed by atoms with Crippen LogP contribution < -0.4 is 15.4 Å². The smallest absolute Gasteiger partial charge is 0.246 e. The lowest BCUT2D eigenvalue weighted by atomic mass is 9.88. The van der Waals surface area contributed by atoms with Gasteiger partial charge in [0.05, 0.1) is 0 Å². The number of rotatable bonds is 3. The number of hydrogen-bond donors (Lipinski definition) is 2. The first-order valence-corrected chi connectivity index (χ1v) is 7.48. The SMILES string of the molecule is CNC1C(=O)Nc2cc(OC3CCCCC3C)ccc21. The quantitative estimate of drug-likeness (QED) is 0.891. The molecule has 2 N–H and O–H groups in total. The molecule has 108 valence electrons. The molecular formula is C16H22N2O2. The van der Waals surface area contributed by atoms with E-state index in [2.05, 4.69) is 17.6 Å². The number of nitrogens with one attached hydrogen (secondary N) is 2. The molecule has 1 amide bonds. The summed E-state index contributed by atoms with van der Waals surface area (Å²) in [4.78, 5) is 11.8. The van der Waals surface area contributed by atoms with E-state index in [0.29, 0.717) is 12.0 Å². The van der Waals surface area contributed by atoms with E-state index in [0.717, 1.165) is 23.4 Å². The molecule has 0 spiro atoms. The van der Waals surface area contributed by atoms with Gasteiger partial charge in [0.25, 0.3) is 0 Å². The predicted octanol–water partition coefficient (Wildman–Crippen LogP) is 2.86. The Morgan fingerprint density at radius 1 is 1.30 bits per heavy atom. The van der Waals surface area contributed by atoms with E-state index in [9.17, 15) is 4.79 Å². The van der Waals surface area contributed by atoms with Crippen LogP contribution in [0.15, 0.2) is 18.2 Å². The van der Waals surface area contributed by atoms with Crippen LogP contribution in [0, 0.1) is 5.92 Å². The second-order valence-corrected chi connectivity index (χ2v) is 5.88. The first-order chi connectivity index (χ1) is 9.69. The second-order valence-electron chi connectivity index (χ2n) is 5.88. The largest absolute Gasteiger partial charge is 0.490 e. The molecular weight excluding hydrogens is 252 g/mol. The summed E-state index contributed by atoms with van der Waals surface area (Å²) in [5.74, 6) is 1.47. The summed E-state index contributed by atoms with van der Waals surface area (Å²) in [5, 5.41) is 5.93. The lowest BCUT2D eigenvalue weighted by Gasteiger charge is -2.29. The molecule has 1 aliphatic heterocycles. The molecule has 20 heavy (non-hydrogen) atoms. The van der Waals surface area contributed by atoms with Crippen LogP contribution in [0.2, 0.25) is 0 Å². The van der Waals surface area contributed by atoms with Gasteiger partial charge in [-0.05, 0) is 38.3 Å². The molecule has 1 saturated carbocycles. The van der Waals surface area contributed by atoms with Crippen molar-refractivity contribution in [1.29, 1.82) is 0 Å². The zero-order valence-electron chi connectivity index (χ0n) is 12.1. The monoisotopic (exact) mass is 274 g/mol. The molecule has 4 heteroatoms. The average Bonchev–Trinajstić information content (AvgIpc) is 2.76. The van der Waals surface area contributed by atoms with Gasteiger partial charge < -0.3 is 15.4 Å². The number of benzene rings is 1. The van der Waals surface area contributed by atoms with E-state index in [-0.39, 0.29) is 11.9 Å². The molecule has 0 bridgehead atoms. The van der Waals surface area contributed by atoms with E-state index in [1.807, 2.05) is 18.2 Å². The van der Waals surface area contributed by atoms with Crippen molar-refractivity contribution in [2.24, 2.45) is 5.92 Å². The van der Waals surface area contributed by atoms with Gasteiger partial charge in [0.1, 0.15) is 17.9 Å². The lowest BCUT2D eigenvalue weighted by Crippen LogP contribution is -2.28. The van der Waals surface area contributed by atoms with E-state index in [4.69, 9.17) is 4.74 Å². The Morgan fingerprint density at radius 2 is 2.10 bits per heavy atom. The highest BCUT2D eigenvalue weighted by Crippen LogP contribution is 2.35. The van der Waals surface area contributed by atoms with Crippen LogP contribution in [-0.4, -0.2) is 19.1 Å². The third-order valence-corrected chi connectivity index (χ3v) is 4.46. The molecule has 3 atom stereocenters. The normalized spacial score (nSPS) is 28.9. The van der Waals surface area contributed by atoms with E-state index in [1.165, 1.54) is 19.3 Å². The summed E-state index contributed by atoms with van der Waals surface area (Å²) >= 11 is 0. The molecule has 0 saturated heterocycles. The van der Waals surface area contributed by atoms with Crippen LogP contribution in [0.25, 0.3) is 0 Å². The Kier molecular flexibility index (Phi) is 3.66. The third-order valence-electron chi connectivity index (χ3n) is 4.46. The van der Waals surface area contributed by atoms with Gasteiger partial charge in [0.15, 0.2) is 0 Å². The Labute approximate surface area is 119 Å². The number of ether oxygens (including phenoxy) is 1. The van der Waals surface area contributed by atoms with Crippen molar-refractivity contribution in [3.05, 3.63) is 23.8 Å². The van der Waals surface area contributed by atoms with Gasteiger partial charge in [-0.2, -0.15) is 0 Å². The van der Waals surface area contributed by atoms with Crippen LogP contribution in [0.4, 0.5) is 5.69 Å². The topological polar surface area (TPSA) is 50.4 Å². The van der Waals surface area contributed by atoms with Crippen molar-refractivity contribution >= 4 is 11.6 Å². The number of anilines is 1. The highest BCUT2D eigenvalue weighted by atomic mass is 16.5. The van der Waals surface area contributed by atoms with Crippen molar-refractivity contribution in [3.8, 4) is 5.75 Å². The van der Waals surface area contributed by atoms with Crippen molar-refractivity contribution in [2.75, 3.05) is 12.4 Å². The lowest BCUT2D eigenvalue weighted by molar-refractivity contribution is -0.117. The molecule has 3 unspecified atom stereocenters. The van der Waals surface area contributed by atoms with E-state index in [1.54, 1.807) is 7.05 Å². The van der Waals surface area contributed by atoms with Crippen LogP contribution in [0.3, 0.4) is 0 Å². The molecule has 0 aromatic heterocycles. The van der Waals surface area contributed by atoms with Crippen LogP contribution >= 0.6 is 0 Å². The summed E-state index contributed by atoms with van der Waals surface area (Å²) < 4.78 is 6.13. The van der Waals surface area contributed by atoms with Gasteiger partial charge in [-0.1, -0.05) is 19.4 Å². The van der Waals surface area contributed by atoms with Crippen LogP contribution in [0.1, 0.15) is 44.2 Å². The van der Waals surface area contributed by atoms with Gasteiger partial charge in [0, 0.05) is 17.3 Å². The number of fused-ring (bicyclic) bond motifs is 1. The fourth-order valence-corrected chi connectivity index (χ4v) is 3.23. The fourth-order valence-electron chi connectivity index (χ4n) is 3.23. The predicted molar refractivity (Wildman–Crippen MR) is 78.9 cm³/mol. The maximum absolute atomic E-state index is 11.8. The molecule has 3 rings (SSSR count). The van der Waals surface area contributed by atoms with Gasteiger partial charge in [-0.25, -0.2) is 0 Å². The minimum Gasteiger partial charge on any atom is -0.490 e. The zero-order chi connectivity index (χ0) is 14.1. The van der Waals surface area contributed by atoms with Gasteiger partial charge in [0.2, 0.25) is 5.91 Å². The highest BCUT2D eigenvalue weighted by molar-refractivity contribution is 6.02. The standard InChI is InChI=1S/C16H22N2O2/c1-10-5-3-4-6-14(10)20-11-7-8-12-13(9-11)18-16(19)15(12)17-2/h7-10,14-15,17H,3-6H2,1-2H3,(H,18,19). The number of amides is 1. The minimum absolute atomic E-state index is 0.00526. The summed E-state index contributed by atoms with van der Waals surface area (Å²) in [6.07, 6.45) is 5.24. The first kappa shape index (κ1) is 13.4. The molecule has 1 aliphatic carbocycles. The number of carbonyl (C=O) groups is 1. The number of likely N-dealkylation sites (N-methyl/N-ethyl adjacent to an activating group) is 1. The second kappa shape index (κ2) is 5.44. The van der Waals surface area contributed by atoms with E-state index < -0.39 is 0 Å². The van der Waals surface area contributed by atoms with Gasteiger partial charge in [-0.15, -0.1) is 0 Å². The summed E-state index contributed by atoms with van der Waals surface area (Å²) in [6.45, 7) is 2.26. The fraction of sp³-hybridized carbons (Fsp3) is 0.562. The highest BCUT2D eigenvalue weighted by Gasteiger charge is 2.30. The summed E-state index contributed by atoms with van der Waals surface area (Å²) in [6, 6.07) is 5.67. The maximum Gasteiger partial charge on any atom is 0.246 e. The first-order valence-electron chi connectivity index (χ1n) is 7.48. The molecule has 0 radical (unpaired) electrons. The number of carbonyl (C=O) groups excluding carboxylic acids is 1. The van der Waals surface area contributed by atoms with Gasteiger partial charge >= 0.3 is 0 Å². The molecule has 1 aromatic rings. The number of hydrogen-bond acceptors (Lipinski definition) is 3. The minimum atomic E-state index is -0.243. The molecule has 4 nitrogen and oxygen atoms in total. The Bertz CT molecular complexity index is 515. The summed E-state index contributed by atoms with van der Waals surface area (Å²) in [7, 11) is 1.80. The molecule has 1 heterocycles. The molecule has 1 fully saturated rings. The summed E-state index contributed by atoms with van der Waals surface area (Å²) in [5.41, 5.74) is 1.87. The van der Waals surface area contributed by atoms with Crippen molar-refractivity contribution in [1.82, 2.24) is 5.32 Å². The van der Waals surface area contributed by atoms with Crippen molar-refractivity contribution in [3.63, 3.8) is 0 Å². The van der Waals surface area contributed by atoms with Crippen LogP contribution in [0.5, 0.6) is 5.75 Å². The van der Waals surface area contributed by atoms with Crippen molar-refractivity contribution in [2.45, 2.75) is 44.8 Å². The van der Waals surface area contributed by atoms with Gasteiger partial charge in [-0.3, -0.25) is 4.79 Å². The third kappa shape index (κ3) is 2.40. The Morgan fingerprint density at radius 3 is 2.85 bits per heavy atom. The van der Waals surface area contributed by atoms with Crippen molar-refractivity contribution < 1.29 is 9.53 Å². The zero-order valence-corrected chi connectivity index (χ0v) is 12.1. The van der Waals surface area contributed by atoms with E-state index >= 15 is 0 Å². The average molecular weight is 274 g/mol. The molecule has 1 aromatic carbocycles. The Balaban J connectivity index is 1.76.